The Morgan fingerprint density at radius 2 is 2.24 bits per heavy atom. The Labute approximate surface area is 111 Å². The van der Waals surface area contributed by atoms with Crippen LogP contribution in [0, 0.1) is 5.82 Å². The van der Waals surface area contributed by atoms with Crippen molar-refractivity contribution >= 4 is 27.5 Å². The Morgan fingerprint density at radius 1 is 1.53 bits per heavy atom. The Hall–Kier alpha value is -0.910. The van der Waals surface area contributed by atoms with Crippen LogP contribution in [0.3, 0.4) is 0 Å². The van der Waals surface area contributed by atoms with Gasteiger partial charge in [-0.2, -0.15) is 5.10 Å². The van der Waals surface area contributed by atoms with Gasteiger partial charge < -0.3 is 5.11 Å². The van der Waals surface area contributed by atoms with E-state index in [1.165, 1.54) is 23.0 Å². The van der Waals surface area contributed by atoms with Crippen molar-refractivity contribution in [2.24, 2.45) is 7.05 Å². The van der Waals surface area contributed by atoms with Crippen LogP contribution in [0.1, 0.15) is 17.4 Å². The fraction of sp³-hybridized carbons (Fsp3) is 0.182. The summed E-state index contributed by atoms with van der Waals surface area (Å²) in [5.41, 5.74) is 0.865. The Morgan fingerprint density at radius 3 is 2.76 bits per heavy atom. The van der Waals surface area contributed by atoms with E-state index in [0.29, 0.717) is 20.8 Å². The van der Waals surface area contributed by atoms with Gasteiger partial charge in [0.2, 0.25) is 0 Å². The molecule has 2 aromatic rings. The van der Waals surface area contributed by atoms with Crippen LogP contribution in [-0.2, 0) is 7.05 Å². The lowest BCUT2D eigenvalue weighted by Gasteiger charge is -2.12. The summed E-state index contributed by atoms with van der Waals surface area (Å²) in [5.74, 6) is -0.431. The summed E-state index contributed by atoms with van der Waals surface area (Å²) in [6.07, 6.45) is 0.438. The van der Waals surface area contributed by atoms with Crippen LogP contribution in [-0.4, -0.2) is 14.9 Å². The molecule has 6 heteroatoms. The number of aromatic nitrogens is 2. The fourth-order valence-electron chi connectivity index (χ4n) is 1.57. The topological polar surface area (TPSA) is 38.0 Å². The zero-order valence-electron chi connectivity index (χ0n) is 8.86. The highest BCUT2D eigenvalue weighted by Gasteiger charge is 2.19. The molecule has 1 aromatic heterocycles. The lowest BCUT2D eigenvalue weighted by atomic mass is 10.1. The number of halogens is 3. The Kier molecular flexibility index (Phi) is 3.51. The second kappa shape index (κ2) is 4.76. The van der Waals surface area contributed by atoms with Crippen LogP contribution >= 0.6 is 27.5 Å². The fourth-order valence-corrected chi connectivity index (χ4v) is 2.08. The zero-order valence-corrected chi connectivity index (χ0v) is 11.2. The van der Waals surface area contributed by atoms with Crippen LogP contribution in [0.5, 0.6) is 0 Å². The molecular weight excluding hydrogens is 310 g/mol. The van der Waals surface area contributed by atoms with Crippen molar-refractivity contribution in [3.8, 4) is 0 Å². The van der Waals surface area contributed by atoms with Gasteiger partial charge >= 0.3 is 0 Å². The summed E-state index contributed by atoms with van der Waals surface area (Å²) in [7, 11) is 1.67. The van der Waals surface area contributed by atoms with Gasteiger partial charge in [0, 0.05) is 7.05 Å². The largest absolute Gasteiger partial charge is 0.382 e. The Balaban J connectivity index is 2.43. The van der Waals surface area contributed by atoms with Gasteiger partial charge in [0.25, 0.3) is 0 Å². The van der Waals surface area contributed by atoms with Crippen LogP contribution in [0.4, 0.5) is 4.39 Å². The monoisotopic (exact) mass is 318 g/mol. The number of rotatable bonds is 2. The van der Waals surface area contributed by atoms with E-state index in [-0.39, 0.29) is 0 Å². The second-order valence-corrected chi connectivity index (χ2v) is 4.84. The minimum atomic E-state index is -1.00. The number of aliphatic hydroxyl groups excluding tert-OH is 1. The van der Waals surface area contributed by atoms with Crippen LogP contribution in [0.15, 0.2) is 28.9 Å². The van der Waals surface area contributed by atoms with E-state index < -0.39 is 11.9 Å². The molecule has 17 heavy (non-hydrogen) atoms. The molecule has 0 saturated carbocycles. The van der Waals surface area contributed by atoms with E-state index in [1.807, 2.05) is 0 Å². The first-order chi connectivity index (χ1) is 8.00. The summed E-state index contributed by atoms with van der Waals surface area (Å²) < 4.78 is 15.2. The van der Waals surface area contributed by atoms with Crippen LogP contribution in [0.2, 0.25) is 5.02 Å². The molecule has 3 nitrogen and oxygen atoms in total. The molecule has 90 valence electrons. The predicted octanol–water partition coefficient (Wildman–Crippen LogP) is 3.06. The van der Waals surface area contributed by atoms with Gasteiger partial charge in [0.05, 0.1) is 21.4 Å². The van der Waals surface area contributed by atoms with Crippen molar-refractivity contribution < 1.29 is 9.50 Å². The number of hydrogen-bond acceptors (Lipinski definition) is 2. The predicted molar refractivity (Wildman–Crippen MR) is 66.4 cm³/mol. The van der Waals surface area contributed by atoms with Gasteiger partial charge in [-0.05, 0) is 33.6 Å². The van der Waals surface area contributed by atoms with Gasteiger partial charge in [0.15, 0.2) is 0 Å². The average Bonchev–Trinajstić information content (AvgIpc) is 2.62. The third-order valence-electron chi connectivity index (χ3n) is 2.46. The molecule has 0 amide bonds. The lowest BCUT2D eigenvalue weighted by molar-refractivity contribution is 0.209. The first kappa shape index (κ1) is 12.5. The number of benzene rings is 1. The van der Waals surface area contributed by atoms with E-state index in [1.54, 1.807) is 13.1 Å². The number of hydrogen-bond donors (Lipinski definition) is 1. The third-order valence-corrected chi connectivity index (χ3v) is 3.39. The first-order valence-corrected chi connectivity index (χ1v) is 5.98. The normalized spacial score (nSPS) is 12.8. The maximum absolute atomic E-state index is 13.4. The van der Waals surface area contributed by atoms with E-state index >= 15 is 0 Å². The first-order valence-electron chi connectivity index (χ1n) is 4.81. The summed E-state index contributed by atoms with van der Waals surface area (Å²) >= 11 is 8.97. The molecule has 1 aromatic carbocycles. The molecule has 0 spiro atoms. The van der Waals surface area contributed by atoms with E-state index in [0.717, 1.165) is 0 Å². The number of aliphatic hydroxyl groups is 1. The summed E-state index contributed by atoms with van der Waals surface area (Å²) in [5, 5.41) is 14.4. The quantitative estimate of drug-likeness (QED) is 0.924. The molecule has 0 radical (unpaired) electrons. The second-order valence-electron chi connectivity index (χ2n) is 3.58. The molecule has 0 aliphatic heterocycles. The lowest BCUT2D eigenvalue weighted by Crippen LogP contribution is -2.07. The third kappa shape index (κ3) is 2.36. The minimum Gasteiger partial charge on any atom is -0.382 e. The summed E-state index contributed by atoms with van der Waals surface area (Å²) in [4.78, 5) is 0. The highest BCUT2D eigenvalue weighted by atomic mass is 79.9. The van der Waals surface area contributed by atoms with Gasteiger partial charge in [-0.15, -0.1) is 0 Å². The average molecular weight is 320 g/mol. The molecule has 1 heterocycles. The maximum atomic E-state index is 13.4. The molecule has 0 aliphatic rings. The molecule has 0 fully saturated rings. The van der Waals surface area contributed by atoms with Crippen molar-refractivity contribution in [3.63, 3.8) is 0 Å². The van der Waals surface area contributed by atoms with Crippen molar-refractivity contribution in [1.29, 1.82) is 0 Å². The summed E-state index contributed by atoms with van der Waals surface area (Å²) in [6.45, 7) is 0. The summed E-state index contributed by atoms with van der Waals surface area (Å²) in [6, 6.07) is 4.43. The molecule has 0 aliphatic carbocycles. The van der Waals surface area contributed by atoms with Crippen molar-refractivity contribution in [2.75, 3.05) is 0 Å². The zero-order chi connectivity index (χ0) is 12.6. The van der Waals surface area contributed by atoms with E-state index in [2.05, 4.69) is 21.0 Å². The van der Waals surface area contributed by atoms with Crippen LogP contribution in [0.25, 0.3) is 0 Å². The van der Waals surface area contributed by atoms with Crippen LogP contribution < -0.4 is 0 Å². The van der Waals surface area contributed by atoms with E-state index in [4.69, 9.17) is 11.6 Å². The molecule has 0 bridgehead atoms. The molecule has 1 atom stereocenters. The maximum Gasteiger partial charge on any atom is 0.137 e. The van der Waals surface area contributed by atoms with Gasteiger partial charge in [-0.25, -0.2) is 4.39 Å². The van der Waals surface area contributed by atoms with Gasteiger partial charge in [0.1, 0.15) is 11.9 Å². The highest BCUT2D eigenvalue weighted by Crippen LogP contribution is 2.29. The number of aryl methyl sites for hydroxylation is 1. The molecule has 1 unspecified atom stereocenters. The molecule has 2 rings (SSSR count). The van der Waals surface area contributed by atoms with Crippen molar-refractivity contribution in [3.05, 3.63) is 51.0 Å². The van der Waals surface area contributed by atoms with E-state index in [9.17, 15) is 9.50 Å². The molecule has 1 N–H and O–H groups in total. The standard InChI is InChI=1S/C11H9BrClFN2O/c1-16-10(8(13)5-15-16)11(17)6-2-3-7(12)9(14)4-6/h2-5,11,17H,1H3. The Bertz CT molecular complexity index is 539. The van der Waals surface area contributed by atoms with Crippen molar-refractivity contribution in [1.82, 2.24) is 9.78 Å². The molecular formula is C11H9BrClFN2O. The highest BCUT2D eigenvalue weighted by molar-refractivity contribution is 9.10. The minimum absolute atomic E-state index is 0.350. The van der Waals surface area contributed by atoms with Gasteiger partial charge in [-0.3, -0.25) is 4.68 Å². The SMILES string of the molecule is Cn1ncc(Cl)c1C(O)c1ccc(Br)c(F)c1. The molecule has 0 saturated heterocycles. The smallest absolute Gasteiger partial charge is 0.137 e. The number of nitrogens with zero attached hydrogens (tertiary/aromatic N) is 2. The van der Waals surface area contributed by atoms with Gasteiger partial charge in [-0.1, -0.05) is 17.7 Å². The van der Waals surface area contributed by atoms with Crippen molar-refractivity contribution in [2.45, 2.75) is 6.10 Å².